The Kier molecular flexibility index (Phi) is 4.68. The summed E-state index contributed by atoms with van der Waals surface area (Å²) in [5.41, 5.74) is 2.28. The molecular formula is C15H15BrN2O. The van der Waals surface area contributed by atoms with Crippen LogP contribution >= 0.6 is 15.9 Å². The first kappa shape index (κ1) is 13.7. The lowest BCUT2D eigenvalue weighted by molar-refractivity contribution is -0.115. The average molecular weight is 319 g/mol. The van der Waals surface area contributed by atoms with E-state index in [2.05, 4.69) is 45.3 Å². The van der Waals surface area contributed by atoms with Gasteiger partial charge < -0.3 is 5.32 Å². The van der Waals surface area contributed by atoms with Crippen LogP contribution in [-0.2, 0) is 17.6 Å². The lowest BCUT2D eigenvalue weighted by Gasteiger charge is -2.05. The van der Waals surface area contributed by atoms with E-state index in [1.54, 1.807) is 12.3 Å². The first-order chi connectivity index (χ1) is 9.17. The van der Waals surface area contributed by atoms with Gasteiger partial charge >= 0.3 is 0 Å². The van der Waals surface area contributed by atoms with Crippen LogP contribution < -0.4 is 5.32 Å². The number of anilines is 1. The molecular weight excluding hydrogens is 304 g/mol. The summed E-state index contributed by atoms with van der Waals surface area (Å²) in [6, 6.07) is 11.7. The third-order valence-electron chi connectivity index (χ3n) is 2.79. The van der Waals surface area contributed by atoms with Gasteiger partial charge in [0.1, 0.15) is 5.82 Å². The molecule has 0 saturated carbocycles. The van der Waals surface area contributed by atoms with Crippen LogP contribution in [0.2, 0.25) is 0 Å². The van der Waals surface area contributed by atoms with E-state index < -0.39 is 0 Å². The third-order valence-corrected chi connectivity index (χ3v) is 3.26. The largest absolute Gasteiger partial charge is 0.310 e. The topological polar surface area (TPSA) is 42.0 Å². The molecule has 98 valence electrons. The molecule has 1 heterocycles. The van der Waals surface area contributed by atoms with Crippen LogP contribution in [0, 0.1) is 0 Å². The van der Waals surface area contributed by atoms with Gasteiger partial charge in [0.25, 0.3) is 0 Å². The normalized spacial score (nSPS) is 10.2. The highest BCUT2D eigenvalue weighted by molar-refractivity contribution is 9.10. The van der Waals surface area contributed by atoms with Crippen LogP contribution in [0.15, 0.2) is 47.1 Å². The molecule has 0 fully saturated rings. The second kappa shape index (κ2) is 6.48. The number of carbonyl (C=O) groups excluding carboxylic acids is 1. The van der Waals surface area contributed by atoms with E-state index in [0.29, 0.717) is 12.2 Å². The Balaban J connectivity index is 1.95. The number of nitrogens with zero attached hydrogens (tertiary/aromatic N) is 1. The van der Waals surface area contributed by atoms with E-state index in [1.807, 2.05) is 18.2 Å². The van der Waals surface area contributed by atoms with E-state index in [9.17, 15) is 4.79 Å². The highest BCUT2D eigenvalue weighted by Crippen LogP contribution is 2.11. The Morgan fingerprint density at radius 2 is 1.84 bits per heavy atom. The molecule has 1 amide bonds. The minimum atomic E-state index is -0.0564. The van der Waals surface area contributed by atoms with Crippen molar-refractivity contribution in [3.05, 3.63) is 58.2 Å². The van der Waals surface area contributed by atoms with Crippen molar-refractivity contribution in [2.45, 2.75) is 19.8 Å². The molecule has 0 aliphatic heterocycles. The Bertz CT molecular complexity index is 549. The van der Waals surface area contributed by atoms with Crippen LogP contribution in [0.5, 0.6) is 0 Å². The molecule has 2 rings (SSSR count). The molecule has 0 saturated heterocycles. The van der Waals surface area contributed by atoms with Crippen molar-refractivity contribution in [2.24, 2.45) is 0 Å². The lowest BCUT2D eigenvalue weighted by atomic mass is 10.1. The molecule has 3 nitrogen and oxygen atoms in total. The first-order valence-corrected chi connectivity index (χ1v) is 6.96. The van der Waals surface area contributed by atoms with Gasteiger partial charge in [-0.05, 0) is 45.6 Å². The summed E-state index contributed by atoms with van der Waals surface area (Å²) in [4.78, 5) is 16.0. The molecule has 0 atom stereocenters. The third kappa shape index (κ3) is 4.17. The standard InChI is InChI=1S/C15H15BrN2O/c1-2-11-3-5-12(6-4-11)9-15(19)18-14-8-7-13(16)10-17-14/h3-8,10H,2,9H2,1H3,(H,17,18,19). The number of pyridine rings is 1. The van der Waals surface area contributed by atoms with Crippen molar-refractivity contribution < 1.29 is 4.79 Å². The molecule has 1 aromatic carbocycles. The van der Waals surface area contributed by atoms with Gasteiger partial charge in [-0.25, -0.2) is 4.98 Å². The number of aromatic nitrogens is 1. The van der Waals surface area contributed by atoms with Crippen LogP contribution in [-0.4, -0.2) is 10.9 Å². The van der Waals surface area contributed by atoms with Crippen molar-refractivity contribution in [1.82, 2.24) is 4.98 Å². The maximum atomic E-state index is 11.9. The molecule has 0 aliphatic carbocycles. The molecule has 0 spiro atoms. The number of nitrogens with one attached hydrogen (secondary N) is 1. The number of carbonyl (C=O) groups is 1. The summed E-state index contributed by atoms with van der Waals surface area (Å²) in [6.07, 6.45) is 3.03. The SMILES string of the molecule is CCc1ccc(CC(=O)Nc2ccc(Br)cn2)cc1. The molecule has 0 bridgehead atoms. The van der Waals surface area contributed by atoms with Crippen molar-refractivity contribution in [2.75, 3.05) is 5.32 Å². The summed E-state index contributed by atoms with van der Waals surface area (Å²) >= 11 is 3.30. The highest BCUT2D eigenvalue weighted by Gasteiger charge is 2.04. The van der Waals surface area contributed by atoms with Gasteiger partial charge in [-0.2, -0.15) is 0 Å². The quantitative estimate of drug-likeness (QED) is 0.936. The molecule has 4 heteroatoms. The van der Waals surface area contributed by atoms with Crippen LogP contribution in [0.1, 0.15) is 18.1 Å². The maximum absolute atomic E-state index is 11.9. The van der Waals surface area contributed by atoms with Gasteiger partial charge in [0.05, 0.1) is 6.42 Å². The zero-order valence-electron chi connectivity index (χ0n) is 10.7. The summed E-state index contributed by atoms with van der Waals surface area (Å²) in [5, 5.41) is 2.78. The maximum Gasteiger partial charge on any atom is 0.229 e. The Hall–Kier alpha value is -1.68. The van der Waals surface area contributed by atoms with Crippen LogP contribution in [0.3, 0.4) is 0 Å². The number of amides is 1. The Morgan fingerprint density at radius 3 is 2.42 bits per heavy atom. The summed E-state index contributed by atoms with van der Waals surface area (Å²) in [7, 11) is 0. The number of aryl methyl sites for hydroxylation is 1. The van der Waals surface area contributed by atoms with E-state index in [1.165, 1.54) is 5.56 Å². The summed E-state index contributed by atoms with van der Waals surface area (Å²) in [5.74, 6) is 0.512. The van der Waals surface area contributed by atoms with E-state index in [-0.39, 0.29) is 5.91 Å². The Morgan fingerprint density at radius 1 is 1.16 bits per heavy atom. The number of halogens is 1. The zero-order chi connectivity index (χ0) is 13.7. The number of hydrogen-bond donors (Lipinski definition) is 1. The van der Waals surface area contributed by atoms with Gasteiger partial charge in [0.15, 0.2) is 0 Å². The predicted octanol–water partition coefficient (Wildman–Crippen LogP) is 3.59. The van der Waals surface area contributed by atoms with E-state index in [4.69, 9.17) is 0 Å². The zero-order valence-corrected chi connectivity index (χ0v) is 12.3. The monoisotopic (exact) mass is 318 g/mol. The lowest BCUT2D eigenvalue weighted by Crippen LogP contribution is -2.15. The second-order valence-electron chi connectivity index (χ2n) is 4.26. The molecule has 19 heavy (non-hydrogen) atoms. The fourth-order valence-electron chi connectivity index (χ4n) is 1.72. The average Bonchev–Trinajstić information content (AvgIpc) is 2.42. The van der Waals surface area contributed by atoms with Crippen molar-refractivity contribution >= 4 is 27.7 Å². The second-order valence-corrected chi connectivity index (χ2v) is 5.17. The van der Waals surface area contributed by atoms with E-state index in [0.717, 1.165) is 16.5 Å². The Labute approximate surface area is 121 Å². The van der Waals surface area contributed by atoms with Gasteiger partial charge in [0.2, 0.25) is 5.91 Å². The molecule has 1 aromatic heterocycles. The fourth-order valence-corrected chi connectivity index (χ4v) is 1.95. The smallest absolute Gasteiger partial charge is 0.229 e. The molecule has 0 radical (unpaired) electrons. The first-order valence-electron chi connectivity index (χ1n) is 6.16. The van der Waals surface area contributed by atoms with Crippen LogP contribution in [0.25, 0.3) is 0 Å². The molecule has 1 N–H and O–H groups in total. The molecule has 0 aliphatic rings. The minimum absolute atomic E-state index is 0.0564. The van der Waals surface area contributed by atoms with Gasteiger partial charge in [0, 0.05) is 10.7 Å². The number of benzene rings is 1. The van der Waals surface area contributed by atoms with Gasteiger partial charge in [-0.3, -0.25) is 4.79 Å². The van der Waals surface area contributed by atoms with Crippen molar-refractivity contribution in [3.8, 4) is 0 Å². The van der Waals surface area contributed by atoms with Gasteiger partial charge in [-0.1, -0.05) is 31.2 Å². The highest BCUT2D eigenvalue weighted by atomic mass is 79.9. The van der Waals surface area contributed by atoms with Crippen molar-refractivity contribution in [1.29, 1.82) is 0 Å². The minimum Gasteiger partial charge on any atom is -0.310 e. The fraction of sp³-hybridized carbons (Fsp3) is 0.200. The molecule has 2 aromatic rings. The number of rotatable bonds is 4. The summed E-state index contributed by atoms with van der Waals surface area (Å²) in [6.45, 7) is 2.11. The van der Waals surface area contributed by atoms with Crippen molar-refractivity contribution in [3.63, 3.8) is 0 Å². The number of hydrogen-bond acceptors (Lipinski definition) is 2. The summed E-state index contributed by atoms with van der Waals surface area (Å²) < 4.78 is 0.889. The predicted molar refractivity (Wildman–Crippen MR) is 80.1 cm³/mol. The van der Waals surface area contributed by atoms with E-state index >= 15 is 0 Å². The van der Waals surface area contributed by atoms with Crippen LogP contribution in [0.4, 0.5) is 5.82 Å². The molecule has 0 unspecified atom stereocenters. The van der Waals surface area contributed by atoms with Gasteiger partial charge in [-0.15, -0.1) is 0 Å².